The summed E-state index contributed by atoms with van der Waals surface area (Å²) in [6.07, 6.45) is 0. The molecule has 0 bridgehead atoms. The Kier molecular flexibility index (Phi) is 4.06. The third kappa shape index (κ3) is 3.26. The van der Waals surface area contributed by atoms with E-state index in [0.29, 0.717) is 23.7 Å². The standard InChI is InChI=1S/C14H15FN2O2/c1-3-19-8-13-16-12(7-14(18)17-13)10-6-9(2)4-5-11(10)15/h4-7H,3,8H2,1-2H3,(H,16,17,18). The highest BCUT2D eigenvalue weighted by atomic mass is 19.1. The molecule has 5 heteroatoms. The monoisotopic (exact) mass is 262 g/mol. The molecule has 19 heavy (non-hydrogen) atoms. The molecule has 0 aliphatic carbocycles. The number of ether oxygens (including phenoxy) is 1. The molecule has 0 aliphatic heterocycles. The van der Waals surface area contributed by atoms with Crippen LogP contribution in [-0.4, -0.2) is 16.6 Å². The van der Waals surface area contributed by atoms with Gasteiger partial charge in [-0.25, -0.2) is 9.37 Å². The Morgan fingerprint density at radius 3 is 2.89 bits per heavy atom. The highest BCUT2D eigenvalue weighted by molar-refractivity contribution is 5.60. The lowest BCUT2D eigenvalue weighted by Crippen LogP contribution is -2.12. The van der Waals surface area contributed by atoms with E-state index < -0.39 is 5.82 Å². The molecule has 0 fully saturated rings. The predicted octanol–water partition coefficient (Wildman–Crippen LogP) is 2.42. The Bertz CT molecular complexity index is 638. The zero-order chi connectivity index (χ0) is 13.8. The van der Waals surface area contributed by atoms with E-state index in [0.717, 1.165) is 5.56 Å². The van der Waals surface area contributed by atoms with E-state index in [1.54, 1.807) is 12.1 Å². The van der Waals surface area contributed by atoms with Crippen LogP contribution in [0.5, 0.6) is 0 Å². The topological polar surface area (TPSA) is 55.0 Å². The maximum Gasteiger partial charge on any atom is 0.251 e. The maximum atomic E-state index is 13.8. The lowest BCUT2D eigenvalue weighted by Gasteiger charge is -2.06. The lowest BCUT2D eigenvalue weighted by molar-refractivity contribution is 0.128. The zero-order valence-corrected chi connectivity index (χ0v) is 10.9. The Morgan fingerprint density at radius 2 is 2.16 bits per heavy atom. The van der Waals surface area contributed by atoms with Gasteiger partial charge >= 0.3 is 0 Å². The van der Waals surface area contributed by atoms with Crippen molar-refractivity contribution < 1.29 is 9.13 Å². The number of halogens is 1. The molecular formula is C14H15FN2O2. The fourth-order valence-corrected chi connectivity index (χ4v) is 1.75. The summed E-state index contributed by atoms with van der Waals surface area (Å²) < 4.78 is 19.0. The van der Waals surface area contributed by atoms with Crippen LogP contribution < -0.4 is 5.56 Å². The largest absolute Gasteiger partial charge is 0.374 e. The van der Waals surface area contributed by atoms with Gasteiger partial charge in [0.05, 0.1) is 5.69 Å². The van der Waals surface area contributed by atoms with Crippen LogP contribution >= 0.6 is 0 Å². The number of rotatable bonds is 4. The van der Waals surface area contributed by atoms with Crippen molar-refractivity contribution in [1.82, 2.24) is 9.97 Å². The summed E-state index contributed by atoms with van der Waals surface area (Å²) in [5.41, 5.74) is 1.23. The van der Waals surface area contributed by atoms with Gasteiger partial charge in [0.15, 0.2) is 0 Å². The molecule has 0 amide bonds. The molecule has 2 aromatic rings. The molecule has 1 aromatic carbocycles. The Morgan fingerprint density at radius 1 is 1.37 bits per heavy atom. The summed E-state index contributed by atoms with van der Waals surface area (Å²) in [5.74, 6) is -0.00341. The van der Waals surface area contributed by atoms with Gasteiger partial charge in [-0.1, -0.05) is 11.6 Å². The van der Waals surface area contributed by atoms with E-state index in [1.165, 1.54) is 12.1 Å². The molecule has 1 heterocycles. The molecule has 0 radical (unpaired) electrons. The second kappa shape index (κ2) is 5.75. The molecule has 0 saturated heterocycles. The number of nitrogens with zero attached hydrogens (tertiary/aromatic N) is 1. The summed E-state index contributed by atoms with van der Waals surface area (Å²) >= 11 is 0. The van der Waals surface area contributed by atoms with Gasteiger partial charge in [-0.05, 0) is 26.0 Å². The third-order valence-corrected chi connectivity index (χ3v) is 2.63. The molecule has 100 valence electrons. The van der Waals surface area contributed by atoms with Crippen molar-refractivity contribution in [3.8, 4) is 11.3 Å². The van der Waals surface area contributed by atoms with Crippen molar-refractivity contribution in [2.45, 2.75) is 20.5 Å². The normalized spacial score (nSPS) is 10.7. The fourth-order valence-electron chi connectivity index (χ4n) is 1.75. The van der Waals surface area contributed by atoms with Gasteiger partial charge in [0.2, 0.25) is 0 Å². The van der Waals surface area contributed by atoms with Gasteiger partial charge in [0.1, 0.15) is 18.2 Å². The first-order valence-electron chi connectivity index (χ1n) is 6.04. The van der Waals surface area contributed by atoms with Crippen LogP contribution in [0, 0.1) is 12.7 Å². The zero-order valence-electron chi connectivity index (χ0n) is 10.9. The average Bonchev–Trinajstić information content (AvgIpc) is 2.38. The first-order chi connectivity index (χ1) is 9.10. The SMILES string of the molecule is CCOCc1nc(-c2cc(C)ccc2F)cc(=O)[nH]1. The minimum absolute atomic E-state index is 0.201. The summed E-state index contributed by atoms with van der Waals surface area (Å²) in [4.78, 5) is 18.4. The van der Waals surface area contributed by atoms with Crippen LogP contribution in [-0.2, 0) is 11.3 Å². The summed E-state index contributed by atoms with van der Waals surface area (Å²) in [6.45, 7) is 4.43. The molecule has 1 aromatic heterocycles. The van der Waals surface area contributed by atoms with Gasteiger partial charge in [0, 0.05) is 18.2 Å². The van der Waals surface area contributed by atoms with Gasteiger partial charge in [-0.2, -0.15) is 0 Å². The van der Waals surface area contributed by atoms with Crippen LogP contribution in [0.2, 0.25) is 0 Å². The van der Waals surface area contributed by atoms with Crippen molar-refractivity contribution in [2.24, 2.45) is 0 Å². The number of aryl methyl sites for hydroxylation is 1. The minimum Gasteiger partial charge on any atom is -0.374 e. The van der Waals surface area contributed by atoms with Crippen LogP contribution in [0.3, 0.4) is 0 Å². The van der Waals surface area contributed by atoms with Crippen molar-refractivity contribution in [1.29, 1.82) is 0 Å². The lowest BCUT2D eigenvalue weighted by atomic mass is 10.1. The Labute approximate surface area is 110 Å². The van der Waals surface area contributed by atoms with E-state index in [9.17, 15) is 9.18 Å². The number of hydrogen-bond acceptors (Lipinski definition) is 3. The van der Waals surface area contributed by atoms with Gasteiger partial charge in [-0.15, -0.1) is 0 Å². The number of benzene rings is 1. The fraction of sp³-hybridized carbons (Fsp3) is 0.286. The smallest absolute Gasteiger partial charge is 0.251 e. The van der Waals surface area contributed by atoms with Crippen LogP contribution in [0.4, 0.5) is 4.39 Å². The van der Waals surface area contributed by atoms with E-state index >= 15 is 0 Å². The van der Waals surface area contributed by atoms with Crippen LogP contribution in [0.15, 0.2) is 29.1 Å². The van der Waals surface area contributed by atoms with E-state index in [1.807, 2.05) is 13.8 Å². The third-order valence-electron chi connectivity index (χ3n) is 2.63. The average molecular weight is 262 g/mol. The Balaban J connectivity index is 2.46. The van der Waals surface area contributed by atoms with E-state index in [4.69, 9.17) is 4.74 Å². The first-order valence-corrected chi connectivity index (χ1v) is 6.04. The maximum absolute atomic E-state index is 13.8. The summed E-state index contributed by atoms with van der Waals surface area (Å²) in [6, 6.07) is 6.00. The summed E-state index contributed by atoms with van der Waals surface area (Å²) in [5, 5.41) is 0. The quantitative estimate of drug-likeness (QED) is 0.920. The highest BCUT2D eigenvalue weighted by Crippen LogP contribution is 2.21. The summed E-state index contributed by atoms with van der Waals surface area (Å²) in [7, 11) is 0. The molecule has 4 nitrogen and oxygen atoms in total. The Hall–Kier alpha value is -2.01. The van der Waals surface area contributed by atoms with Crippen molar-refractivity contribution >= 4 is 0 Å². The molecule has 0 atom stereocenters. The number of hydrogen-bond donors (Lipinski definition) is 1. The second-order valence-electron chi connectivity index (χ2n) is 4.20. The first kappa shape index (κ1) is 13.4. The molecule has 2 rings (SSSR count). The number of nitrogens with one attached hydrogen (secondary N) is 1. The molecule has 0 spiro atoms. The molecule has 0 saturated carbocycles. The highest BCUT2D eigenvalue weighted by Gasteiger charge is 2.09. The molecular weight excluding hydrogens is 247 g/mol. The molecule has 0 aliphatic rings. The van der Waals surface area contributed by atoms with Gasteiger partial charge in [0.25, 0.3) is 5.56 Å². The van der Waals surface area contributed by atoms with Crippen LogP contribution in [0.1, 0.15) is 18.3 Å². The number of H-pyrrole nitrogens is 1. The van der Waals surface area contributed by atoms with Gasteiger partial charge in [-0.3, -0.25) is 4.79 Å². The number of aromatic nitrogens is 2. The number of aromatic amines is 1. The second-order valence-corrected chi connectivity index (χ2v) is 4.20. The van der Waals surface area contributed by atoms with E-state index in [2.05, 4.69) is 9.97 Å². The van der Waals surface area contributed by atoms with Crippen LogP contribution in [0.25, 0.3) is 11.3 Å². The van der Waals surface area contributed by atoms with Crippen molar-refractivity contribution in [3.63, 3.8) is 0 Å². The van der Waals surface area contributed by atoms with Gasteiger partial charge < -0.3 is 9.72 Å². The van der Waals surface area contributed by atoms with Crippen molar-refractivity contribution in [2.75, 3.05) is 6.61 Å². The van der Waals surface area contributed by atoms with Crippen molar-refractivity contribution in [3.05, 3.63) is 51.8 Å². The van der Waals surface area contributed by atoms with E-state index in [-0.39, 0.29) is 12.2 Å². The molecule has 0 unspecified atom stereocenters. The predicted molar refractivity (Wildman–Crippen MR) is 70.3 cm³/mol. The minimum atomic E-state index is -0.397. The molecule has 1 N–H and O–H groups in total.